The van der Waals surface area contributed by atoms with Gasteiger partial charge in [-0.15, -0.1) is 0 Å². The highest BCUT2D eigenvalue weighted by atomic mass is 31.1. The van der Waals surface area contributed by atoms with E-state index in [0.717, 1.165) is 40.9 Å². The molecule has 2 nitrogen and oxygen atoms in total. The quantitative estimate of drug-likeness (QED) is 0.318. The molecule has 0 spiro atoms. The van der Waals surface area contributed by atoms with Gasteiger partial charge in [0.2, 0.25) is 8.01 Å². The Hall–Kier alpha value is -2.70. The lowest BCUT2D eigenvalue weighted by Crippen LogP contribution is -1.79. The van der Waals surface area contributed by atoms with Gasteiger partial charge >= 0.3 is 0 Å². The van der Waals surface area contributed by atoms with Crippen molar-refractivity contribution in [2.75, 3.05) is 0 Å². The first-order chi connectivity index (χ1) is 13.3. The second-order valence-electron chi connectivity index (χ2n) is 6.91. The molecule has 0 aliphatic carbocycles. The molecule has 0 saturated carbocycles. The van der Waals surface area contributed by atoms with Crippen LogP contribution in [0.4, 0.5) is 0 Å². The molecular formula is C24H21O2P. The van der Waals surface area contributed by atoms with Gasteiger partial charge in [0.15, 0.2) is 0 Å². The van der Waals surface area contributed by atoms with E-state index in [-0.39, 0.29) is 0 Å². The van der Waals surface area contributed by atoms with Crippen LogP contribution in [0.1, 0.15) is 19.8 Å². The standard InChI is InChI=1S/C24H21O2P/c1-2-3-16-27-25-21-14-12-17-8-4-6-10-19(17)23(21)24-20-11-7-5-9-18(20)13-15-22(24)26-27/h4-15H,2-3,16H2,1H3. The molecule has 0 saturated heterocycles. The van der Waals surface area contributed by atoms with Crippen molar-refractivity contribution in [2.45, 2.75) is 25.9 Å². The van der Waals surface area contributed by atoms with E-state index < -0.39 is 8.01 Å². The minimum atomic E-state index is -0.988. The molecule has 0 unspecified atom stereocenters. The molecule has 0 aliphatic heterocycles. The lowest BCUT2D eigenvalue weighted by molar-refractivity contribution is 0.626. The van der Waals surface area contributed by atoms with Crippen LogP contribution in [0.2, 0.25) is 0 Å². The van der Waals surface area contributed by atoms with E-state index in [1.54, 1.807) is 0 Å². The fraction of sp³-hybridized carbons (Fsp3) is 0.167. The number of aryl methyl sites for hydroxylation is 1. The van der Waals surface area contributed by atoms with Gasteiger partial charge in [-0.2, -0.15) is 0 Å². The molecule has 3 heteroatoms. The molecule has 0 atom stereocenters. The van der Waals surface area contributed by atoms with Gasteiger partial charge in [0.25, 0.3) is 0 Å². The van der Waals surface area contributed by atoms with Crippen LogP contribution < -0.4 is 0 Å². The number of fused-ring (bicyclic) bond motifs is 7. The molecule has 0 radical (unpaired) electrons. The first-order valence-corrected chi connectivity index (χ1v) is 10.9. The summed E-state index contributed by atoms with van der Waals surface area (Å²) >= 11 is 0. The maximum Gasteiger partial charge on any atom is 0.216 e. The van der Waals surface area contributed by atoms with Gasteiger partial charge in [-0.25, -0.2) is 0 Å². The summed E-state index contributed by atoms with van der Waals surface area (Å²) in [7, 11) is -0.988. The van der Waals surface area contributed by atoms with Crippen LogP contribution in [-0.2, 0) is 6.16 Å². The highest BCUT2D eigenvalue weighted by Gasteiger charge is 2.12. The molecule has 0 fully saturated rings. The summed E-state index contributed by atoms with van der Waals surface area (Å²) in [6.07, 6.45) is 3.20. The van der Waals surface area contributed by atoms with Crippen molar-refractivity contribution >= 4 is 51.5 Å². The lowest BCUT2D eigenvalue weighted by Gasteiger charge is -2.05. The Balaban J connectivity index is 2.06. The highest BCUT2D eigenvalue weighted by Crippen LogP contribution is 2.41. The average Bonchev–Trinajstić information content (AvgIpc) is 2.88. The zero-order chi connectivity index (χ0) is 18.2. The second kappa shape index (κ2) is 6.79. The zero-order valence-electron chi connectivity index (χ0n) is 15.3. The van der Waals surface area contributed by atoms with Gasteiger partial charge in [0.05, 0.1) is 6.16 Å². The summed E-state index contributed by atoms with van der Waals surface area (Å²) in [6.45, 7) is 2.20. The Bertz CT molecular complexity index is 1220. The minimum absolute atomic E-state index is 0.936. The minimum Gasteiger partial charge on any atom is -0.419 e. The molecule has 134 valence electrons. The maximum atomic E-state index is 6.44. The van der Waals surface area contributed by atoms with E-state index in [9.17, 15) is 0 Å². The van der Waals surface area contributed by atoms with Crippen LogP contribution in [0.15, 0.2) is 81.2 Å². The summed E-state index contributed by atoms with van der Waals surface area (Å²) in [5.74, 6) is 0. The van der Waals surface area contributed by atoms with Crippen molar-refractivity contribution in [1.82, 2.24) is 0 Å². The molecule has 4 aromatic carbocycles. The van der Waals surface area contributed by atoms with Crippen molar-refractivity contribution in [3.8, 4) is 0 Å². The summed E-state index contributed by atoms with van der Waals surface area (Å²) < 4.78 is 12.9. The number of rotatable bonds is 3. The van der Waals surface area contributed by atoms with E-state index in [1.165, 1.54) is 21.5 Å². The molecule has 0 aliphatic rings. The molecule has 1 heterocycles. The van der Waals surface area contributed by atoms with Crippen LogP contribution in [0.3, 0.4) is 0 Å². The monoisotopic (exact) mass is 372 g/mol. The smallest absolute Gasteiger partial charge is 0.216 e. The number of hydrogen-bond donors (Lipinski definition) is 0. The third-order valence-corrected chi connectivity index (χ3v) is 6.61. The molecule has 5 aromatic rings. The predicted octanol–water partition coefficient (Wildman–Crippen LogP) is 8.40. The van der Waals surface area contributed by atoms with Gasteiger partial charge in [-0.3, -0.25) is 0 Å². The molecular weight excluding hydrogens is 351 g/mol. The van der Waals surface area contributed by atoms with E-state index in [0.29, 0.717) is 0 Å². The second-order valence-corrected chi connectivity index (χ2v) is 8.39. The van der Waals surface area contributed by atoms with E-state index in [4.69, 9.17) is 8.39 Å². The third-order valence-electron chi connectivity index (χ3n) is 5.13. The van der Waals surface area contributed by atoms with Crippen molar-refractivity contribution in [3.05, 3.63) is 72.8 Å². The van der Waals surface area contributed by atoms with Gasteiger partial charge in [0.1, 0.15) is 11.2 Å². The van der Waals surface area contributed by atoms with E-state index >= 15 is 0 Å². The highest BCUT2D eigenvalue weighted by molar-refractivity contribution is 7.36. The Morgan fingerprint density at radius 3 is 1.70 bits per heavy atom. The Morgan fingerprint density at radius 2 is 1.19 bits per heavy atom. The van der Waals surface area contributed by atoms with Gasteiger partial charge in [0, 0.05) is 10.8 Å². The molecule has 5 rings (SSSR count). The van der Waals surface area contributed by atoms with Crippen LogP contribution in [0, 0.1) is 0 Å². The van der Waals surface area contributed by atoms with Crippen molar-refractivity contribution in [2.24, 2.45) is 0 Å². The molecule has 1 aromatic heterocycles. The first kappa shape index (κ1) is 16.5. The Morgan fingerprint density at radius 1 is 0.667 bits per heavy atom. The van der Waals surface area contributed by atoms with Crippen LogP contribution in [0.25, 0.3) is 43.5 Å². The van der Waals surface area contributed by atoms with Gasteiger partial charge < -0.3 is 8.39 Å². The molecule has 0 amide bonds. The van der Waals surface area contributed by atoms with Crippen LogP contribution in [0.5, 0.6) is 0 Å². The lowest BCUT2D eigenvalue weighted by atomic mass is 9.99. The number of benzene rings is 4. The predicted molar refractivity (Wildman–Crippen MR) is 116 cm³/mol. The summed E-state index contributed by atoms with van der Waals surface area (Å²) in [5, 5.41) is 7.17. The van der Waals surface area contributed by atoms with Gasteiger partial charge in [-0.05, 0) is 40.1 Å². The van der Waals surface area contributed by atoms with Crippen LogP contribution >= 0.6 is 8.01 Å². The Kier molecular flexibility index (Phi) is 4.14. The van der Waals surface area contributed by atoms with E-state index in [2.05, 4.69) is 79.7 Å². The molecule has 0 N–H and O–H groups in total. The topological polar surface area (TPSA) is 26.3 Å². The van der Waals surface area contributed by atoms with Crippen molar-refractivity contribution in [3.63, 3.8) is 0 Å². The summed E-state index contributed by atoms with van der Waals surface area (Å²) in [4.78, 5) is 0. The van der Waals surface area contributed by atoms with E-state index in [1.807, 2.05) is 0 Å². The maximum absolute atomic E-state index is 6.44. The molecule has 0 bridgehead atoms. The average molecular weight is 372 g/mol. The van der Waals surface area contributed by atoms with Crippen molar-refractivity contribution in [1.29, 1.82) is 0 Å². The van der Waals surface area contributed by atoms with Gasteiger partial charge in [-0.1, -0.05) is 74.0 Å². The first-order valence-electron chi connectivity index (χ1n) is 9.52. The van der Waals surface area contributed by atoms with Crippen LogP contribution in [-0.4, -0.2) is 0 Å². The summed E-state index contributed by atoms with van der Waals surface area (Å²) in [6, 6.07) is 25.6. The normalized spacial score (nSPS) is 11.6. The SMILES string of the molecule is CCCCp1oc2ccc3ccccc3c2c2c(ccc3ccccc32)o1. The van der Waals surface area contributed by atoms with Crippen molar-refractivity contribution < 1.29 is 8.39 Å². The summed E-state index contributed by atoms with van der Waals surface area (Å²) in [5.41, 5.74) is 1.87. The third kappa shape index (κ3) is 2.81. The Labute approximate surface area is 159 Å². The zero-order valence-corrected chi connectivity index (χ0v) is 16.2. The number of unbranched alkanes of at least 4 members (excludes halogenated alkanes) is 1. The number of hydrogen-bond acceptors (Lipinski definition) is 2. The fourth-order valence-electron chi connectivity index (χ4n) is 3.79. The fourth-order valence-corrected chi connectivity index (χ4v) is 5.32. The molecule has 27 heavy (non-hydrogen) atoms. The largest absolute Gasteiger partial charge is 0.419 e.